The van der Waals surface area contributed by atoms with Crippen molar-refractivity contribution < 1.29 is 13.2 Å². The van der Waals surface area contributed by atoms with Crippen molar-refractivity contribution in [2.45, 2.75) is 52.6 Å². The number of nitrogens with two attached hydrogens (primary N) is 1. The van der Waals surface area contributed by atoms with Gasteiger partial charge < -0.3 is 11.1 Å². The molecular weight excluding hydrogens is 373 g/mol. The van der Waals surface area contributed by atoms with Crippen molar-refractivity contribution in [1.29, 1.82) is 0 Å². The minimum atomic E-state index is -4.28. The first-order valence-electron chi connectivity index (χ1n) is 10.5. The summed E-state index contributed by atoms with van der Waals surface area (Å²) in [6.45, 7) is 9.61. The lowest BCUT2D eigenvalue weighted by molar-refractivity contribution is -0.137. The number of halogens is 3. The maximum absolute atomic E-state index is 12.8. The third kappa shape index (κ3) is 8.09. The van der Waals surface area contributed by atoms with Crippen LogP contribution in [0.15, 0.2) is 54.6 Å². The summed E-state index contributed by atoms with van der Waals surface area (Å²) in [6.07, 6.45) is -2.28. The predicted molar refractivity (Wildman–Crippen MR) is 117 cm³/mol. The summed E-state index contributed by atoms with van der Waals surface area (Å²) >= 11 is 0. The van der Waals surface area contributed by atoms with E-state index < -0.39 is 11.7 Å². The number of alkyl halides is 3. The maximum Gasteiger partial charge on any atom is 0.416 e. The highest BCUT2D eigenvalue weighted by Gasteiger charge is 2.33. The number of hydrogen-bond acceptors (Lipinski definition) is 2. The van der Waals surface area contributed by atoms with Crippen molar-refractivity contribution >= 4 is 5.69 Å². The Balaban J connectivity index is 0.000000442. The minimum Gasteiger partial charge on any atom is -0.385 e. The van der Waals surface area contributed by atoms with Crippen LogP contribution < -0.4 is 11.1 Å². The molecule has 0 amide bonds. The van der Waals surface area contributed by atoms with Crippen LogP contribution in [0, 0.1) is 11.8 Å². The van der Waals surface area contributed by atoms with Gasteiger partial charge in [-0.3, -0.25) is 0 Å². The van der Waals surface area contributed by atoms with Crippen LogP contribution in [0.4, 0.5) is 18.9 Å². The Hall–Kier alpha value is -2.01. The van der Waals surface area contributed by atoms with Gasteiger partial charge in [-0.2, -0.15) is 13.2 Å². The second-order valence-electron chi connectivity index (χ2n) is 7.30. The van der Waals surface area contributed by atoms with Gasteiger partial charge in [0.25, 0.3) is 0 Å². The predicted octanol–water partition coefficient (Wildman–Crippen LogP) is 6.94. The monoisotopic (exact) mass is 408 g/mol. The van der Waals surface area contributed by atoms with Crippen LogP contribution in [0.25, 0.3) is 0 Å². The van der Waals surface area contributed by atoms with E-state index in [4.69, 9.17) is 5.73 Å². The van der Waals surface area contributed by atoms with Gasteiger partial charge in [-0.25, -0.2) is 0 Å². The second-order valence-corrected chi connectivity index (χ2v) is 7.30. The summed E-state index contributed by atoms with van der Waals surface area (Å²) in [5, 5.41) is 3.26. The van der Waals surface area contributed by atoms with E-state index in [1.54, 1.807) is 6.07 Å². The standard InChI is InChI=1S/C16H23F3N2.C6H6.C2H6/c1-10(8-20)3-4-12-9-21-15-6-5-13(16(17,18)19)7-14(15)11(12)2;1-2-4-6-5-3-1;1-2/h5-7,10-12,21H,3-4,8-9,20H2,1-2H3;1-6H;1-2H3. The molecule has 0 aliphatic carbocycles. The molecule has 2 aromatic carbocycles. The van der Waals surface area contributed by atoms with Gasteiger partial charge in [-0.1, -0.05) is 64.1 Å². The average Bonchev–Trinajstić information content (AvgIpc) is 2.75. The molecule has 1 aliphatic heterocycles. The first kappa shape index (κ1) is 25.0. The van der Waals surface area contributed by atoms with Crippen LogP contribution in [0.3, 0.4) is 0 Å². The zero-order valence-corrected chi connectivity index (χ0v) is 18.0. The third-order valence-corrected chi connectivity index (χ3v) is 5.23. The summed E-state index contributed by atoms with van der Waals surface area (Å²) in [7, 11) is 0. The molecule has 162 valence electrons. The first-order chi connectivity index (χ1) is 13.8. The molecule has 3 rings (SSSR count). The lowest BCUT2D eigenvalue weighted by Gasteiger charge is -2.33. The maximum atomic E-state index is 12.8. The van der Waals surface area contributed by atoms with E-state index in [9.17, 15) is 13.2 Å². The summed E-state index contributed by atoms with van der Waals surface area (Å²) in [4.78, 5) is 0. The first-order valence-corrected chi connectivity index (χ1v) is 10.5. The van der Waals surface area contributed by atoms with Crippen molar-refractivity contribution in [1.82, 2.24) is 0 Å². The van der Waals surface area contributed by atoms with E-state index in [1.807, 2.05) is 57.2 Å². The molecular formula is C24H35F3N2. The van der Waals surface area contributed by atoms with E-state index in [-0.39, 0.29) is 5.92 Å². The van der Waals surface area contributed by atoms with Gasteiger partial charge in [0.1, 0.15) is 0 Å². The summed E-state index contributed by atoms with van der Waals surface area (Å²) < 4.78 is 38.5. The normalized spacial score (nSPS) is 18.8. The molecule has 5 heteroatoms. The Morgan fingerprint density at radius 1 is 1.07 bits per heavy atom. The second kappa shape index (κ2) is 12.5. The van der Waals surface area contributed by atoms with E-state index in [0.717, 1.165) is 36.7 Å². The Labute approximate surface area is 173 Å². The van der Waals surface area contributed by atoms with E-state index in [1.165, 1.54) is 6.07 Å². The molecule has 3 unspecified atom stereocenters. The van der Waals surface area contributed by atoms with Gasteiger partial charge in [0.15, 0.2) is 0 Å². The molecule has 0 saturated heterocycles. The summed E-state index contributed by atoms with van der Waals surface area (Å²) in [5.41, 5.74) is 6.67. The van der Waals surface area contributed by atoms with Crippen molar-refractivity contribution in [2.24, 2.45) is 17.6 Å². The average molecular weight is 409 g/mol. The molecule has 2 aromatic rings. The zero-order chi connectivity index (χ0) is 21.9. The quantitative estimate of drug-likeness (QED) is 0.575. The lowest BCUT2D eigenvalue weighted by atomic mass is 9.79. The molecule has 0 bridgehead atoms. The number of benzene rings is 2. The molecule has 2 nitrogen and oxygen atoms in total. The Morgan fingerprint density at radius 2 is 1.62 bits per heavy atom. The number of nitrogens with one attached hydrogen (secondary N) is 1. The highest BCUT2D eigenvalue weighted by molar-refractivity contribution is 5.56. The lowest BCUT2D eigenvalue weighted by Crippen LogP contribution is -2.27. The Kier molecular flexibility index (Phi) is 10.8. The van der Waals surface area contributed by atoms with E-state index >= 15 is 0 Å². The van der Waals surface area contributed by atoms with Gasteiger partial charge in [0.2, 0.25) is 0 Å². The highest BCUT2D eigenvalue weighted by atomic mass is 19.4. The van der Waals surface area contributed by atoms with Crippen LogP contribution in [-0.2, 0) is 6.18 Å². The van der Waals surface area contributed by atoms with Crippen molar-refractivity contribution in [3.05, 3.63) is 65.7 Å². The van der Waals surface area contributed by atoms with Crippen LogP contribution in [-0.4, -0.2) is 13.1 Å². The molecule has 3 atom stereocenters. The minimum absolute atomic E-state index is 0.133. The van der Waals surface area contributed by atoms with Gasteiger partial charge in [0.05, 0.1) is 5.56 Å². The SMILES string of the molecule is CC.CC(CN)CCC1CNc2ccc(C(F)(F)F)cc2C1C.c1ccccc1. The molecule has 0 spiro atoms. The van der Waals surface area contributed by atoms with Crippen molar-refractivity contribution in [3.8, 4) is 0 Å². The van der Waals surface area contributed by atoms with Crippen molar-refractivity contribution in [2.75, 3.05) is 18.4 Å². The van der Waals surface area contributed by atoms with E-state index in [2.05, 4.69) is 12.2 Å². The molecule has 0 fully saturated rings. The van der Waals surface area contributed by atoms with E-state index in [0.29, 0.717) is 18.4 Å². The smallest absolute Gasteiger partial charge is 0.385 e. The number of hydrogen-bond donors (Lipinski definition) is 2. The van der Waals surface area contributed by atoms with Crippen LogP contribution in [0.1, 0.15) is 57.6 Å². The summed E-state index contributed by atoms with van der Waals surface area (Å²) in [6, 6.07) is 16.0. The zero-order valence-electron chi connectivity index (χ0n) is 18.0. The van der Waals surface area contributed by atoms with Gasteiger partial charge in [-0.05, 0) is 60.9 Å². The Bertz CT molecular complexity index is 660. The number of anilines is 1. The fourth-order valence-corrected chi connectivity index (χ4v) is 3.30. The van der Waals surface area contributed by atoms with Gasteiger partial charge in [-0.15, -0.1) is 0 Å². The Morgan fingerprint density at radius 3 is 2.10 bits per heavy atom. The molecule has 3 N–H and O–H groups in total. The van der Waals surface area contributed by atoms with Crippen LogP contribution in [0.2, 0.25) is 0 Å². The molecule has 0 aromatic heterocycles. The topological polar surface area (TPSA) is 38.0 Å². The third-order valence-electron chi connectivity index (χ3n) is 5.23. The molecule has 0 radical (unpaired) electrons. The molecule has 0 saturated carbocycles. The van der Waals surface area contributed by atoms with Gasteiger partial charge in [0, 0.05) is 12.2 Å². The summed E-state index contributed by atoms with van der Waals surface area (Å²) in [5.74, 6) is 0.948. The van der Waals surface area contributed by atoms with Crippen LogP contribution in [0.5, 0.6) is 0 Å². The largest absolute Gasteiger partial charge is 0.416 e. The van der Waals surface area contributed by atoms with Crippen molar-refractivity contribution in [3.63, 3.8) is 0 Å². The fraction of sp³-hybridized carbons (Fsp3) is 0.500. The highest BCUT2D eigenvalue weighted by Crippen LogP contribution is 2.40. The molecule has 29 heavy (non-hydrogen) atoms. The number of rotatable bonds is 4. The number of fused-ring (bicyclic) bond motifs is 1. The van der Waals surface area contributed by atoms with Crippen LogP contribution >= 0.6 is 0 Å². The molecule has 1 heterocycles. The fourth-order valence-electron chi connectivity index (χ4n) is 3.30. The molecule has 1 aliphatic rings. The van der Waals surface area contributed by atoms with Gasteiger partial charge >= 0.3 is 6.18 Å².